The Hall–Kier alpha value is -3.63. The van der Waals surface area contributed by atoms with Gasteiger partial charge in [0.1, 0.15) is 5.75 Å². The number of ether oxygens (including phenoxy) is 2. The molecule has 2 bridgehead atoms. The summed E-state index contributed by atoms with van der Waals surface area (Å²) in [6, 6.07) is 19.6. The van der Waals surface area contributed by atoms with Gasteiger partial charge in [-0.15, -0.1) is 12.4 Å². The average molecular weight is 664 g/mol. The number of benzene rings is 3. The summed E-state index contributed by atoms with van der Waals surface area (Å²) in [4.78, 5) is 26.4. The van der Waals surface area contributed by atoms with Crippen molar-refractivity contribution in [3.63, 3.8) is 0 Å². The van der Waals surface area contributed by atoms with E-state index in [4.69, 9.17) is 15.2 Å². The summed E-state index contributed by atoms with van der Waals surface area (Å²) < 4.78 is 11.8. The lowest BCUT2D eigenvalue weighted by atomic mass is 9.52. The molecular weight excluding hydrogens is 618 g/mol. The third-order valence-corrected chi connectivity index (χ3v) is 10.6. The van der Waals surface area contributed by atoms with Crippen molar-refractivity contribution >= 4 is 24.1 Å². The first-order valence-corrected chi connectivity index (χ1v) is 16.3. The van der Waals surface area contributed by atoms with Gasteiger partial charge >= 0.3 is 0 Å². The van der Waals surface area contributed by atoms with Crippen molar-refractivity contribution in [1.29, 1.82) is 0 Å². The summed E-state index contributed by atoms with van der Waals surface area (Å²) in [6.07, 6.45) is 4.62. The van der Waals surface area contributed by atoms with Gasteiger partial charge < -0.3 is 35.6 Å². The van der Waals surface area contributed by atoms with Gasteiger partial charge in [0, 0.05) is 36.0 Å². The number of nitrogens with one attached hydrogen (secondary N) is 1. The maximum absolute atomic E-state index is 12.6. The lowest BCUT2D eigenvalue weighted by Crippen LogP contribution is -2.65. The molecule has 6 atom stereocenters. The third kappa shape index (κ3) is 6.46. The smallest absolute Gasteiger partial charge is 0.252 e. The average Bonchev–Trinajstić information content (AvgIpc) is 3.42. The highest BCUT2D eigenvalue weighted by molar-refractivity contribution is 5.95. The topological polar surface area (TPSA) is 134 Å². The number of nitrogens with zero attached hydrogens (tertiary/aromatic N) is 1. The number of amides is 1. The van der Waals surface area contributed by atoms with E-state index in [0.29, 0.717) is 30.5 Å². The van der Waals surface area contributed by atoms with E-state index in [1.165, 1.54) is 28.8 Å². The monoisotopic (exact) mass is 663 g/mol. The number of primary amides is 1. The number of ketones is 1. The van der Waals surface area contributed by atoms with Crippen molar-refractivity contribution in [2.24, 2.45) is 11.7 Å². The van der Waals surface area contributed by atoms with Crippen LogP contribution in [0.5, 0.6) is 17.2 Å². The number of hydrogen-bond acceptors (Lipinski definition) is 8. The number of rotatable bonds is 9. The molecule has 3 aromatic carbocycles. The predicted octanol–water partition coefficient (Wildman–Crippen LogP) is 4.49. The number of phenols is 1. The largest absolute Gasteiger partial charge is 0.507 e. The fraction of sp³-hybridized carbons (Fsp3) is 0.459. The van der Waals surface area contributed by atoms with Crippen molar-refractivity contribution in [3.05, 3.63) is 88.5 Å². The molecule has 2 aliphatic heterocycles. The van der Waals surface area contributed by atoms with Crippen LogP contribution in [0.1, 0.15) is 71.3 Å². The Labute approximate surface area is 282 Å². The van der Waals surface area contributed by atoms with Crippen LogP contribution in [0, 0.1) is 5.92 Å². The summed E-state index contributed by atoms with van der Waals surface area (Å²) in [5, 5.41) is 23.1. The van der Waals surface area contributed by atoms with E-state index in [0.717, 1.165) is 50.1 Å². The van der Waals surface area contributed by atoms with Gasteiger partial charge in [-0.05, 0) is 93.4 Å². The molecule has 1 spiro atoms. The van der Waals surface area contributed by atoms with E-state index in [-0.39, 0.29) is 47.1 Å². The molecule has 1 amide bonds. The van der Waals surface area contributed by atoms with Crippen molar-refractivity contribution in [1.82, 2.24) is 10.2 Å². The summed E-state index contributed by atoms with van der Waals surface area (Å²) in [5.74, 6) is 1.56. The molecule has 252 valence electrons. The van der Waals surface area contributed by atoms with E-state index in [1.807, 2.05) is 24.3 Å². The molecule has 5 N–H and O–H groups in total. The van der Waals surface area contributed by atoms with E-state index in [1.54, 1.807) is 13.2 Å². The number of piperidine rings is 1. The third-order valence-electron chi connectivity index (χ3n) is 10.6. The number of aryl methyl sites for hydroxylation is 1. The highest BCUT2D eigenvalue weighted by atomic mass is 35.5. The Morgan fingerprint density at radius 2 is 1.96 bits per heavy atom. The van der Waals surface area contributed by atoms with Gasteiger partial charge in [0.25, 0.3) is 5.91 Å². The van der Waals surface area contributed by atoms with Crippen LogP contribution in [0.15, 0.2) is 60.7 Å². The number of likely N-dealkylation sites (tertiary alicyclic amines) is 1. The minimum atomic E-state index is -0.775. The van der Waals surface area contributed by atoms with Crippen LogP contribution >= 0.6 is 12.4 Å². The zero-order valence-corrected chi connectivity index (χ0v) is 28.1. The van der Waals surface area contributed by atoms with Gasteiger partial charge in [-0.2, -0.15) is 0 Å². The Morgan fingerprint density at radius 1 is 1.19 bits per heavy atom. The van der Waals surface area contributed by atoms with Crippen LogP contribution in [0.4, 0.5) is 0 Å². The molecule has 47 heavy (non-hydrogen) atoms. The van der Waals surface area contributed by atoms with Crippen LogP contribution in [0.25, 0.3) is 0 Å². The molecule has 1 saturated carbocycles. The molecule has 7 rings (SSSR count). The van der Waals surface area contributed by atoms with Crippen LogP contribution in [-0.4, -0.2) is 72.2 Å². The van der Waals surface area contributed by atoms with Crippen LogP contribution < -0.4 is 20.5 Å². The number of carbonyl (C=O) groups is 2. The molecule has 10 heteroatoms. The zero-order valence-electron chi connectivity index (χ0n) is 27.3. The number of carbonyl (C=O) groups excluding carboxylic acids is 2. The molecule has 2 unspecified atom stereocenters. The van der Waals surface area contributed by atoms with E-state index >= 15 is 0 Å². The van der Waals surface area contributed by atoms with Crippen LogP contribution in [-0.2, 0) is 23.1 Å². The Balaban J connectivity index is 0.000000181. The summed E-state index contributed by atoms with van der Waals surface area (Å²) in [5.41, 5.74) is 9.63. The normalized spacial score (nSPS) is 24.9. The number of aromatic hydroxyl groups is 1. The van der Waals surface area contributed by atoms with E-state index in [9.17, 15) is 19.8 Å². The first kappa shape index (κ1) is 34.7. The first-order valence-electron chi connectivity index (χ1n) is 16.3. The second-order valence-corrected chi connectivity index (χ2v) is 13.3. The van der Waals surface area contributed by atoms with Gasteiger partial charge in [-0.1, -0.05) is 42.5 Å². The molecular formula is C37H46ClN3O6. The second-order valence-electron chi connectivity index (χ2n) is 13.3. The van der Waals surface area contributed by atoms with Crippen molar-refractivity contribution in [2.45, 2.75) is 75.2 Å². The Bertz CT molecular complexity index is 1600. The summed E-state index contributed by atoms with van der Waals surface area (Å²) >= 11 is 0. The van der Waals surface area contributed by atoms with Crippen molar-refractivity contribution < 1.29 is 29.3 Å². The fourth-order valence-corrected chi connectivity index (χ4v) is 8.19. The van der Waals surface area contributed by atoms with Crippen molar-refractivity contribution in [3.8, 4) is 17.2 Å². The number of aliphatic hydroxyl groups is 1. The molecule has 0 aromatic heterocycles. The van der Waals surface area contributed by atoms with Gasteiger partial charge in [0.05, 0.1) is 18.8 Å². The number of nitrogens with two attached hydrogens (primary N) is 1. The number of hydrogen-bond donors (Lipinski definition) is 4. The van der Waals surface area contributed by atoms with Crippen molar-refractivity contribution in [2.75, 3.05) is 27.2 Å². The maximum atomic E-state index is 12.6. The lowest BCUT2D eigenvalue weighted by Gasteiger charge is -2.57. The highest BCUT2D eigenvalue weighted by Crippen LogP contribution is 2.63. The van der Waals surface area contributed by atoms with Gasteiger partial charge in [-0.3, -0.25) is 9.59 Å². The van der Waals surface area contributed by atoms with Gasteiger partial charge in [-0.25, -0.2) is 0 Å². The standard InChI is InChI=1S/C19H24N2O3.C18H21NO3.ClH/c1-13(7-8-14-5-3-2-4-6-14)21-12-18(23)15-9-10-17(22)16(11-15)19(20)24;1-19-8-7-18-11-4-5-13(20)17(18)22-16-14(21-2)6-3-10(15(16)18)9-12(11)19;/h2-6,9-11,13,18,21-23H,7-8,12H2,1H3,(H2,20,24);3,6,11-12,17H,4-5,7-9H2,1-2H3;1H/t;11-,12+,17-,18-;/m.0./s1. The van der Waals surface area contributed by atoms with E-state index < -0.39 is 12.0 Å². The minimum absolute atomic E-state index is 0. The Morgan fingerprint density at radius 3 is 2.68 bits per heavy atom. The first-order chi connectivity index (χ1) is 22.1. The number of aliphatic hydroxyl groups excluding tert-OH is 1. The fourth-order valence-electron chi connectivity index (χ4n) is 8.19. The van der Waals surface area contributed by atoms with Crippen LogP contribution in [0.2, 0.25) is 0 Å². The highest BCUT2D eigenvalue weighted by Gasteiger charge is 2.65. The molecule has 1 saturated heterocycles. The predicted molar refractivity (Wildman–Crippen MR) is 183 cm³/mol. The SMILES string of the molecule is CC(CCc1ccccc1)NCC(O)c1ccc(O)c(C(N)=O)c1.COc1ccc2c3c1O[C@H]1C(=O)CC[C@H]4[C@@H](C2)N(C)CC[C@]314.Cl. The molecule has 2 heterocycles. The molecule has 3 aromatic rings. The number of halogens is 1. The summed E-state index contributed by atoms with van der Waals surface area (Å²) in [7, 11) is 3.91. The zero-order chi connectivity index (χ0) is 32.6. The molecule has 9 nitrogen and oxygen atoms in total. The van der Waals surface area contributed by atoms with Crippen LogP contribution in [0.3, 0.4) is 0 Å². The molecule has 2 fully saturated rings. The Kier molecular flexibility index (Phi) is 10.5. The second kappa shape index (κ2) is 14.2. The number of methoxy groups -OCH3 is 1. The minimum Gasteiger partial charge on any atom is -0.507 e. The maximum Gasteiger partial charge on any atom is 0.252 e. The summed E-state index contributed by atoms with van der Waals surface area (Å²) in [6.45, 7) is 3.48. The van der Waals surface area contributed by atoms with Gasteiger partial charge in [0.15, 0.2) is 23.4 Å². The molecule has 2 aliphatic carbocycles. The number of Topliss-reactive ketones (excluding diaryl/α,β-unsaturated/α-hetero) is 1. The van der Waals surface area contributed by atoms with Gasteiger partial charge in [0.2, 0.25) is 0 Å². The molecule has 0 radical (unpaired) electrons. The number of likely N-dealkylation sites (N-methyl/N-ethyl adjacent to an activating group) is 1. The lowest BCUT2D eigenvalue weighted by molar-refractivity contribution is -0.138. The van der Waals surface area contributed by atoms with E-state index in [2.05, 4.69) is 42.4 Å². The molecule has 4 aliphatic rings. The quantitative estimate of drug-likeness (QED) is 0.263.